The van der Waals surface area contributed by atoms with Crippen LogP contribution in [-0.4, -0.2) is 36.3 Å². The number of aliphatic carboxylic acids is 1. The molecule has 0 aliphatic heterocycles. The molecule has 0 bridgehead atoms. The Morgan fingerprint density at radius 3 is 2.74 bits per heavy atom. The van der Waals surface area contributed by atoms with Crippen molar-refractivity contribution in [3.63, 3.8) is 0 Å². The van der Waals surface area contributed by atoms with Gasteiger partial charge in [0, 0.05) is 12.0 Å². The third-order valence-electron chi connectivity index (χ3n) is 3.84. The Morgan fingerprint density at radius 1 is 1.30 bits per heavy atom. The number of methoxy groups -OCH3 is 1. The average molecular weight is 373 g/mol. The van der Waals surface area contributed by atoms with Gasteiger partial charge in [-0.3, -0.25) is 9.59 Å². The SMILES string of the molecule is COc1ccccc1NCC(=O)N/N=C(/C)c1cc(CCC(=O)O)oc1C. The molecular weight excluding hydrogens is 350 g/mol. The van der Waals surface area contributed by atoms with Crippen LogP contribution in [0.25, 0.3) is 0 Å². The van der Waals surface area contributed by atoms with Crippen molar-refractivity contribution in [2.24, 2.45) is 5.10 Å². The fourth-order valence-corrected chi connectivity index (χ4v) is 2.47. The van der Waals surface area contributed by atoms with Crippen LogP contribution in [0.5, 0.6) is 5.75 Å². The Kier molecular flexibility index (Phi) is 6.99. The Labute approximate surface area is 157 Å². The van der Waals surface area contributed by atoms with E-state index in [9.17, 15) is 9.59 Å². The number of para-hydroxylation sites is 2. The van der Waals surface area contributed by atoms with Gasteiger partial charge in [-0.15, -0.1) is 0 Å². The summed E-state index contributed by atoms with van der Waals surface area (Å²) in [6.45, 7) is 3.54. The van der Waals surface area contributed by atoms with E-state index in [2.05, 4.69) is 15.8 Å². The second-order valence-corrected chi connectivity index (χ2v) is 5.86. The van der Waals surface area contributed by atoms with E-state index in [0.29, 0.717) is 35.1 Å². The topological polar surface area (TPSA) is 113 Å². The van der Waals surface area contributed by atoms with E-state index >= 15 is 0 Å². The first-order chi connectivity index (χ1) is 12.9. The summed E-state index contributed by atoms with van der Waals surface area (Å²) in [5.74, 6) is 0.646. The molecule has 0 radical (unpaired) electrons. The third kappa shape index (κ3) is 5.88. The van der Waals surface area contributed by atoms with Gasteiger partial charge in [0.2, 0.25) is 0 Å². The van der Waals surface area contributed by atoms with Crippen LogP contribution in [0.2, 0.25) is 0 Å². The van der Waals surface area contributed by atoms with E-state index in [0.717, 1.165) is 5.56 Å². The van der Waals surface area contributed by atoms with Crippen LogP contribution in [0.3, 0.4) is 0 Å². The minimum absolute atomic E-state index is 0.00601. The normalized spacial score (nSPS) is 11.1. The number of carboxylic acids is 1. The smallest absolute Gasteiger partial charge is 0.303 e. The third-order valence-corrected chi connectivity index (χ3v) is 3.84. The number of nitrogens with one attached hydrogen (secondary N) is 2. The second-order valence-electron chi connectivity index (χ2n) is 5.86. The average Bonchev–Trinajstić information content (AvgIpc) is 3.03. The highest BCUT2D eigenvalue weighted by Gasteiger charge is 2.12. The summed E-state index contributed by atoms with van der Waals surface area (Å²) in [6, 6.07) is 9.04. The van der Waals surface area contributed by atoms with E-state index in [1.54, 1.807) is 33.1 Å². The standard InChI is InChI=1S/C19H23N3O5/c1-12(15-10-14(27-13(15)2)8-9-19(24)25)21-22-18(23)11-20-16-6-4-5-7-17(16)26-3/h4-7,10,20H,8-9,11H2,1-3H3,(H,22,23)(H,24,25)/b21-12-. The number of benzene rings is 1. The Bertz CT molecular complexity index is 842. The Hall–Kier alpha value is -3.29. The van der Waals surface area contributed by atoms with Crippen molar-refractivity contribution >= 4 is 23.3 Å². The van der Waals surface area contributed by atoms with Gasteiger partial charge in [-0.05, 0) is 32.0 Å². The van der Waals surface area contributed by atoms with E-state index in [4.69, 9.17) is 14.3 Å². The van der Waals surface area contributed by atoms with Crippen molar-refractivity contribution in [1.29, 1.82) is 0 Å². The van der Waals surface area contributed by atoms with Crippen LogP contribution in [0.15, 0.2) is 39.9 Å². The van der Waals surface area contributed by atoms with Crippen molar-refractivity contribution in [2.45, 2.75) is 26.7 Å². The van der Waals surface area contributed by atoms with Crippen LogP contribution in [-0.2, 0) is 16.0 Å². The lowest BCUT2D eigenvalue weighted by Crippen LogP contribution is -2.26. The molecule has 27 heavy (non-hydrogen) atoms. The number of carbonyl (C=O) groups excluding carboxylic acids is 1. The quantitative estimate of drug-likeness (QED) is 0.460. The number of aryl methyl sites for hydroxylation is 2. The number of carbonyl (C=O) groups is 2. The lowest BCUT2D eigenvalue weighted by Gasteiger charge is -2.10. The number of hydrogen-bond acceptors (Lipinski definition) is 6. The molecular formula is C19H23N3O5. The fraction of sp³-hybridized carbons (Fsp3) is 0.316. The summed E-state index contributed by atoms with van der Waals surface area (Å²) in [7, 11) is 1.56. The van der Waals surface area contributed by atoms with Gasteiger partial charge < -0.3 is 19.6 Å². The van der Waals surface area contributed by atoms with Gasteiger partial charge in [0.15, 0.2) is 0 Å². The van der Waals surface area contributed by atoms with Gasteiger partial charge in [0.1, 0.15) is 17.3 Å². The minimum atomic E-state index is -0.884. The van der Waals surface area contributed by atoms with Crippen molar-refractivity contribution in [1.82, 2.24) is 5.43 Å². The van der Waals surface area contributed by atoms with Gasteiger partial charge >= 0.3 is 5.97 Å². The lowest BCUT2D eigenvalue weighted by atomic mass is 10.1. The molecule has 8 nitrogen and oxygen atoms in total. The molecule has 0 aliphatic carbocycles. The number of carboxylic acid groups (broad SMARTS) is 1. The molecule has 0 aliphatic rings. The number of hydrogen-bond donors (Lipinski definition) is 3. The number of ether oxygens (including phenoxy) is 1. The number of furan rings is 1. The number of anilines is 1. The summed E-state index contributed by atoms with van der Waals surface area (Å²) in [4.78, 5) is 22.7. The highest BCUT2D eigenvalue weighted by molar-refractivity contribution is 6.00. The first-order valence-corrected chi connectivity index (χ1v) is 8.42. The summed E-state index contributed by atoms with van der Waals surface area (Å²) in [6.07, 6.45) is 0.298. The zero-order valence-corrected chi connectivity index (χ0v) is 15.5. The predicted molar refractivity (Wildman–Crippen MR) is 101 cm³/mol. The van der Waals surface area contributed by atoms with E-state index in [1.165, 1.54) is 0 Å². The van der Waals surface area contributed by atoms with Crippen molar-refractivity contribution in [3.8, 4) is 5.75 Å². The van der Waals surface area contributed by atoms with E-state index in [-0.39, 0.29) is 18.9 Å². The van der Waals surface area contributed by atoms with Gasteiger partial charge in [0.25, 0.3) is 5.91 Å². The zero-order valence-electron chi connectivity index (χ0n) is 15.5. The molecule has 2 aromatic rings. The molecule has 2 rings (SSSR count). The molecule has 0 unspecified atom stereocenters. The van der Waals surface area contributed by atoms with Crippen LogP contribution in [0.4, 0.5) is 5.69 Å². The Morgan fingerprint density at radius 2 is 2.04 bits per heavy atom. The van der Waals surface area contributed by atoms with Gasteiger partial charge in [-0.25, -0.2) is 5.43 Å². The molecule has 144 valence electrons. The van der Waals surface area contributed by atoms with E-state index in [1.807, 2.05) is 18.2 Å². The lowest BCUT2D eigenvalue weighted by molar-refractivity contribution is -0.137. The molecule has 8 heteroatoms. The number of amides is 1. The molecule has 3 N–H and O–H groups in total. The Balaban J connectivity index is 1.92. The first-order valence-electron chi connectivity index (χ1n) is 8.42. The zero-order chi connectivity index (χ0) is 19.8. The van der Waals surface area contributed by atoms with Gasteiger partial charge in [0.05, 0.1) is 31.5 Å². The second kappa shape index (κ2) is 9.42. The molecule has 0 saturated heterocycles. The first kappa shape index (κ1) is 20.0. The molecule has 0 spiro atoms. The van der Waals surface area contributed by atoms with Crippen molar-refractivity contribution < 1.29 is 23.8 Å². The summed E-state index contributed by atoms with van der Waals surface area (Å²) in [5.41, 5.74) is 4.50. The molecule has 1 heterocycles. The number of nitrogens with zero attached hydrogens (tertiary/aromatic N) is 1. The predicted octanol–water partition coefficient (Wildman–Crippen LogP) is 2.57. The maximum atomic E-state index is 12.0. The minimum Gasteiger partial charge on any atom is -0.495 e. The van der Waals surface area contributed by atoms with E-state index < -0.39 is 5.97 Å². The van der Waals surface area contributed by atoms with Crippen molar-refractivity contribution in [2.75, 3.05) is 19.0 Å². The fourth-order valence-electron chi connectivity index (χ4n) is 2.47. The highest BCUT2D eigenvalue weighted by Crippen LogP contribution is 2.22. The number of hydrazone groups is 1. The highest BCUT2D eigenvalue weighted by atomic mass is 16.5. The molecule has 0 fully saturated rings. The molecule has 0 atom stereocenters. The number of rotatable bonds is 9. The monoisotopic (exact) mass is 373 g/mol. The van der Waals surface area contributed by atoms with Crippen LogP contribution >= 0.6 is 0 Å². The molecule has 1 aromatic heterocycles. The van der Waals surface area contributed by atoms with Crippen LogP contribution < -0.4 is 15.5 Å². The summed E-state index contributed by atoms with van der Waals surface area (Å²) in [5, 5.41) is 15.8. The van der Waals surface area contributed by atoms with Crippen LogP contribution in [0.1, 0.15) is 30.4 Å². The molecule has 0 saturated carbocycles. The van der Waals surface area contributed by atoms with Gasteiger partial charge in [-0.1, -0.05) is 12.1 Å². The summed E-state index contributed by atoms with van der Waals surface area (Å²) >= 11 is 0. The van der Waals surface area contributed by atoms with Gasteiger partial charge in [-0.2, -0.15) is 5.10 Å². The largest absolute Gasteiger partial charge is 0.495 e. The van der Waals surface area contributed by atoms with Crippen LogP contribution in [0, 0.1) is 6.92 Å². The van der Waals surface area contributed by atoms with Crippen molar-refractivity contribution in [3.05, 3.63) is 47.4 Å². The molecule has 1 amide bonds. The maximum absolute atomic E-state index is 12.0. The summed E-state index contributed by atoms with van der Waals surface area (Å²) < 4.78 is 10.8. The maximum Gasteiger partial charge on any atom is 0.303 e. The molecule has 1 aromatic carbocycles.